The summed E-state index contributed by atoms with van der Waals surface area (Å²) in [7, 11) is 2.19. The molecule has 0 bridgehead atoms. The van der Waals surface area contributed by atoms with Crippen molar-refractivity contribution < 1.29 is 4.74 Å². The van der Waals surface area contributed by atoms with Crippen LogP contribution in [0.3, 0.4) is 0 Å². The van der Waals surface area contributed by atoms with Crippen LogP contribution in [-0.2, 0) is 0 Å². The second-order valence-electron chi connectivity index (χ2n) is 6.25. The number of hydrogen-bond acceptors (Lipinski definition) is 4. The third-order valence-corrected chi connectivity index (χ3v) is 4.45. The van der Waals surface area contributed by atoms with Crippen molar-refractivity contribution in [2.24, 2.45) is 5.73 Å². The van der Waals surface area contributed by atoms with Crippen LogP contribution in [0.4, 0.5) is 0 Å². The zero-order chi connectivity index (χ0) is 15.5. The van der Waals surface area contributed by atoms with Gasteiger partial charge in [0.15, 0.2) is 0 Å². The summed E-state index contributed by atoms with van der Waals surface area (Å²) in [6.07, 6.45) is 0. The molecule has 1 aromatic carbocycles. The first kappa shape index (κ1) is 16.2. The Hall–Kier alpha value is -1.17. The predicted octanol–water partition coefficient (Wildman–Crippen LogP) is 1.73. The van der Waals surface area contributed by atoms with Crippen LogP contribution in [0, 0.1) is 0 Å². The molecule has 2 N–H and O–H groups in total. The van der Waals surface area contributed by atoms with E-state index in [9.17, 15) is 0 Å². The summed E-state index contributed by atoms with van der Waals surface area (Å²) in [4.78, 5) is 5.29. The summed E-state index contributed by atoms with van der Waals surface area (Å²) in [6.45, 7) is 9.51. The third-order valence-electron chi connectivity index (χ3n) is 4.21. The molecular formula is C16H25N3OS. The van der Waals surface area contributed by atoms with E-state index in [1.807, 2.05) is 24.3 Å². The van der Waals surface area contributed by atoms with E-state index in [-0.39, 0.29) is 5.54 Å². The lowest BCUT2D eigenvalue weighted by Crippen LogP contribution is -2.58. The first-order valence-corrected chi connectivity index (χ1v) is 7.75. The van der Waals surface area contributed by atoms with Crippen molar-refractivity contribution >= 4 is 17.2 Å². The fourth-order valence-corrected chi connectivity index (χ4v) is 2.68. The van der Waals surface area contributed by atoms with E-state index in [4.69, 9.17) is 22.7 Å². The van der Waals surface area contributed by atoms with Crippen molar-refractivity contribution in [2.45, 2.75) is 19.4 Å². The van der Waals surface area contributed by atoms with Crippen LogP contribution in [0.25, 0.3) is 0 Å². The largest absolute Gasteiger partial charge is 0.492 e. The average molecular weight is 307 g/mol. The Balaban J connectivity index is 1.78. The van der Waals surface area contributed by atoms with Crippen LogP contribution in [0.15, 0.2) is 24.3 Å². The van der Waals surface area contributed by atoms with E-state index in [0.29, 0.717) is 11.6 Å². The molecule has 0 saturated carbocycles. The van der Waals surface area contributed by atoms with Gasteiger partial charge in [-0.15, -0.1) is 0 Å². The maximum atomic E-state index is 5.80. The molecule has 1 saturated heterocycles. The second-order valence-corrected chi connectivity index (χ2v) is 6.69. The van der Waals surface area contributed by atoms with Crippen LogP contribution < -0.4 is 10.5 Å². The van der Waals surface area contributed by atoms with Crippen molar-refractivity contribution in [1.29, 1.82) is 0 Å². The van der Waals surface area contributed by atoms with Gasteiger partial charge in [-0.2, -0.15) is 0 Å². The highest BCUT2D eigenvalue weighted by molar-refractivity contribution is 7.80. The molecule has 1 aliphatic rings. The smallest absolute Gasteiger partial charge is 0.119 e. The van der Waals surface area contributed by atoms with Gasteiger partial charge in [-0.25, -0.2) is 0 Å². The Morgan fingerprint density at radius 3 is 2.52 bits per heavy atom. The van der Waals surface area contributed by atoms with Gasteiger partial charge in [0.2, 0.25) is 0 Å². The van der Waals surface area contributed by atoms with Crippen LogP contribution in [-0.4, -0.2) is 60.2 Å². The van der Waals surface area contributed by atoms with Gasteiger partial charge in [0, 0.05) is 37.3 Å². The van der Waals surface area contributed by atoms with Gasteiger partial charge in [-0.3, -0.25) is 9.80 Å². The predicted molar refractivity (Wildman–Crippen MR) is 91.0 cm³/mol. The lowest BCUT2D eigenvalue weighted by atomic mass is 10.00. The van der Waals surface area contributed by atoms with E-state index in [1.165, 1.54) is 0 Å². The quantitative estimate of drug-likeness (QED) is 0.839. The number of ether oxygens (including phenoxy) is 1. The average Bonchev–Trinajstić information content (AvgIpc) is 2.43. The molecule has 1 aliphatic heterocycles. The summed E-state index contributed by atoms with van der Waals surface area (Å²) in [6, 6.07) is 7.64. The monoisotopic (exact) mass is 307 g/mol. The van der Waals surface area contributed by atoms with Gasteiger partial charge in [0.1, 0.15) is 17.3 Å². The minimum Gasteiger partial charge on any atom is -0.492 e. The molecule has 2 rings (SSSR count). The summed E-state index contributed by atoms with van der Waals surface area (Å²) in [5.74, 6) is 0.864. The number of nitrogens with zero attached hydrogens (tertiary/aromatic N) is 2. The first-order chi connectivity index (χ1) is 9.88. The van der Waals surface area contributed by atoms with Gasteiger partial charge >= 0.3 is 0 Å². The van der Waals surface area contributed by atoms with E-state index in [1.54, 1.807) is 0 Å². The van der Waals surface area contributed by atoms with Gasteiger partial charge in [0.25, 0.3) is 0 Å². The van der Waals surface area contributed by atoms with Crippen molar-refractivity contribution in [3.63, 3.8) is 0 Å². The van der Waals surface area contributed by atoms with Gasteiger partial charge in [-0.05, 0) is 45.2 Å². The van der Waals surface area contributed by atoms with Crippen molar-refractivity contribution in [1.82, 2.24) is 9.80 Å². The molecule has 5 heteroatoms. The molecular weight excluding hydrogens is 282 g/mol. The Morgan fingerprint density at radius 2 is 1.95 bits per heavy atom. The second kappa shape index (κ2) is 6.73. The SMILES string of the molecule is CN1CCN(CCOc2ccc(C(N)=S)cc2)CC1(C)C. The van der Waals surface area contributed by atoms with Crippen LogP contribution >= 0.6 is 12.2 Å². The van der Waals surface area contributed by atoms with E-state index in [0.717, 1.165) is 37.5 Å². The van der Waals surface area contributed by atoms with Gasteiger partial charge in [0.05, 0.1) is 0 Å². The van der Waals surface area contributed by atoms with Crippen molar-refractivity contribution in [2.75, 3.05) is 39.8 Å². The molecule has 116 valence electrons. The van der Waals surface area contributed by atoms with E-state index < -0.39 is 0 Å². The zero-order valence-electron chi connectivity index (χ0n) is 13.1. The summed E-state index contributed by atoms with van der Waals surface area (Å²) in [5, 5.41) is 0. The topological polar surface area (TPSA) is 41.7 Å². The van der Waals surface area contributed by atoms with Crippen LogP contribution in [0.1, 0.15) is 19.4 Å². The number of likely N-dealkylation sites (N-methyl/N-ethyl adjacent to an activating group) is 1. The first-order valence-electron chi connectivity index (χ1n) is 7.35. The minimum absolute atomic E-state index is 0.233. The number of thiocarbonyl (C=S) groups is 1. The summed E-state index contributed by atoms with van der Waals surface area (Å²) < 4.78 is 5.80. The fraction of sp³-hybridized carbons (Fsp3) is 0.562. The van der Waals surface area contributed by atoms with Crippen LogP contribution in [0.5, 0.6) is 5.75 Å². The minimum atomic E-state index is 0.233. The zero-order valence-corrected chi connectivity index (χ0v) is 13.9. The van der Waals surface area contributed by atoms with Gasteiger partial charge in [-0.1, -0.05) is 12.2 Å². The Kier molecular flexibility index (Phi) is 5.19. The molecule has 1 fully saturated rings. The summed E-state index contributed by atoms with van der Waals surface area (Å²) in [5.41, 5.74) is 6.68. The molecule has 0 atom stereocenters. The Labute approximate surface area is 132 Å². The molecule has 1 heterocycles. The number of hydrogen-bond donors (Lipinski definition) is 1. The highest BCUT2D eigenvalue weighted by atomic mass is 32.1. The van der Waals surface area contributed by atoms with Gasteiger partial charge < -0.3 is 10.5 Å². The standard InChI is InChI=1S/C16H25N3OS/c1-16(2)12-19(9-8-18(16)3)10-11-20-14-6-4-13(5-7-14)15(17)21/h4-7H,8-12H2,1-3H3,(H2,17,21). The Morgan fingerprint density at radius 1 is 1.29 bits per heavy atom. The maximum absolute atomic E-state index is 5.80. The number of rotatable bonds is 5. The lowest BCUT2D eigenvalue weighted by molar-refractivity contribution is 0.0338. The number of nitrogens with two attached hydrogens (primary N) is 1. The molecule has 4 nitrogen and oxygen atoms in total. The maximum Gasteiger partial charge on any atom is 0.119 e. The molecule has 21 heavy (non-hydrogen) atoms. The molecule has 0 aromatic heterocycles. The highest BCUT2D eigenvalue weighted by Gasteiger charge is 2.30. The molecule has 0 unspecified atom stereocenters. The van der Waals surface area contributed by atoms with Crippen LogP contribution in [0.2, 0.25) is 0 Å². The lowest BCUT2D eigenvalue weighted by Gasteiger charge is -2.45. The van der Waals surface area contributed by atoms with E-state index in [2.05, 4.69) is 30.7 Å². The number of benzene rings is 1. The fourth-order valence-electron chi connectivity index (χ4n) is 2.54. The molecule has 0 radical (unpaired) electrons. The molecule has 1 aromatic rings. The normalized spacial score (nSPS) is 19.4. The summed E-state index contributed by atoms with van der Waals surface area (Å²) >= 11 is 4.94. The van der Waals surface area contributed by atoms with E-state index >= 15 is 0 Å². The van der Waals surface area contributed by atoms with Crippen molar-refractivity contribution in [3.05, 3.63) is 29.8 Å². The van der Waals surface area contributed by atoms with Crippen molar-refractivity contribution in [3.8, 4) is 5.75 Å². The third kappa shape index (κ3) is 4.40. The Bertz CT molecular complexity index is 487. The number of piperazine rings is 1. The highest BCUT2D eigenvalue weighted by Crippen LogP contribution is 2.18. The molecule has 0 aliphatic carbocycles. The molecule has 0 amide bonds. The molecule has 0 spiro atoms.